The van der Waals surface area contributed by atoms with Crippen molar-refractivity contribution in [2.45, 2.75) is 18.9 Å². The Balaban J connectivity index is 1.62. The van der Waals surface area contributed by atoms with Crippen molar-refractivity contribution >= 4 is 5.91 Å². The van der Waals surface area contributed by atoms with Crippen molar-refractivity contribution in [3.05, 3.63) is 24.3 Å². The number of ether oxygens (including phenoxy) is 2. The molecule has 0 spiro atoms. The molecule has 2 unspecified atom stereocenters. The lowest BCUT2D eigenvalue weighted by molar-refractivity contribution is -0.140. The van der Waals surface area contributed by atoms with Crippen molar-refractivity contribution in [3.63, 3.8) is 0 Å². The molecule has 0 aliphatic carbocycles. The molecular formula is C15H20N2O3. The molecular weight excluding hydrogens is 256 g/mol. The lowest BCUT2D eigenvalue weighted by atomic mass is 10.1. The molecule has 20 heavy (non-hydrogen) atoms. The predicted octanol–water partition coefficient (Wildman–Crippen LogP) is 1.02. The van der Waals surface area contributed by atoms with E-state index in [2.05, 4.69) is 0 Å². The quantitative estimate of drug-likeness (QED) is 0.895. The number of hydrogen-bond donors (Lipinski definition) is 1. The number of likely N-dealkylation sites (tertiary alicyclic amines) is 1. The zero-order valence-electron chi connectivity index (χ0n) is 11.5. The van der Waals surface area contributed by atoms with E-state index < -0.39 is 6.10 Å². The van der Waals surface area contributed by atoms with Crippen molar-refractivity contribution in [3.8, 4) is 11.5 Å². The first-order valence-electron chi connectivity index (χ1n) is 7.15. The third-order valence-corrected chi connectivity index (χ3v) is 3.96. The van der Waals surface area contributed by atoms with Crippen LogP contribution in [0.3, 0.4) is 0 Å². The molecule has 0 saturated carbocycles. The Morgan fingerprint density at radius 2 is 2.15 bits per heavy atom. The standard InChI is InChI=1S/C15H20N2O3/c16-7-5-11-6-8-17(9-11)15(18)14-10-19-12-3-1-2-4-13(12)20-14/h1-4,11,14H,5-10,16H2. The fraction of sp³-hybridized carbons (Fsp3) is 0.533. The summed E-state index contributed by atoms with van der Waals surface area (Å²) in [4.78, 5) is 14.3. The van der Waals surface area contributed by atoms with Crippen LogP contribution in [-0.4, -0.2) is 43.2 Å². The normalized spacial score (nSPS) is 24.8. The lowest BCUT2D eigenvalue weighted by Crippen LogP contribution is -2.45. The summed E-state index contributed by atoms with van der Waals surface area (Å²) in [5.74, 6) is 1.91. The molecule has 5 nitrogen and oxygen atoms in total. The van der Waals surface area contributed by atoms with Crippen molar-refractivity contribution in [2.75, 3.05) is 26.2 Å². The van der Waals surface area contributed by atoms with Crippen LogP contribution < -0.4 is 15.2 Å². The van der Waals surface area contributed by atoms with E-state index in [0.29, 0.717) is 24.0 Å². The number of para-hydroxylation sites is 2. The van der Waals surface area contributed by atoms with Gasteiger partial charge < -0.3 is 20.1 Å². The molecule has 0 radical (unpaired) electrons. The van der Waals surface area contributed by atoms with Crippen LogP contribution in [0.25, 0.3) is 0 Å². The molecule has 2 aliphatic rings. The summed E-state index contributed by atoms with van der Waals surface area (Å²) >= 11 is 0. The van der Waals surface area contributed by atoms with Gasteiger partial charge >= 0.3 is 0 Å². The summed E-state index contributed by atoms with van der Waals surface area (Å²) < 4.78 is 11.4. The lowest BCUT2D eigenvalue weighted by Gasteiger charge is -2.28. The zero-order valence-corrected chi connectivity index (χ0v) is 11.5. The summed E-state index contributed by atoms with van der Waals surface area (Å²) in [6.45, 7) is 2.56. The number of benzene rings is 1. The molecule has 5 heteroatoms. The summed E-state index contributed by atoms with van der Waals surface area (Å²) in [6, 6.07) is 7.45. The summed E-state index contributed by atoms with van der Waals surface area (Å²) in [7, 11) is 0. The Morgan fingerprint density at radius 3 is 2.95 bits per heavy atom. The SMILES string of the molecule is NCCC1CCN(C(=O)C2COc3ccccc3O2)C1. The molecule has 0 bridgehead atoms. The Morgan fingerprint density at radius 1 is 1.35 bits per heavy atom. The number of hydrogen-bond acceptors (Lipinski definition) is 4. The number of rotatable bonds is 3. The number of carbonyl (C=O) groups excluding carboxylic acids is 1. The second kappa shape index (κ2) is 5.71. The first-order chi connectivity index (χ1) is 9.78. The first-order valence-corrected chi connectivity index (χ1v) is 7.15. The van der Waals surface area contributed by atoms with E-state index in [1.54, 1.807) is 0 Å². The maximum Gasteiger partial charge on any atom is 0.267 e. The van der Waals surface area contributed by atoms with E-state index in [1.165, 1.54) is 0 Å². The van der Waals surface area contributed by atoms with Crippen LogP contribution in [0.1, 0.15) is 12.8 Å². The second-order valence-electron chi connectivity index (χ2n) is 5.38. The van der Waals surface area contributed by atoms with E-state index in [-0.39, 0.29) is 12.5 Å². The average Bonchev–Trinajstić information content (AvgIpc) is 2.95. The predicted molar refractivity (Wildman–Crippen MR) is 74.7 cm³/mol. The minimum atomic E-state index is -0.526. The molecule has 1 aromatic rings. The number of nitrogens with zero attached hydrogens (tertiary/aromatic N) is 1. The summed E-state index contributed by atoms with van der Waals surface area (Å²) in [5.41, 5.74) is 5.58. The zero-order chi connectivity index (χ0) is 13.9. The van der Waals surface area contributed by atoms with Crippen LogP contribution in [0, 0.1) is 5.92 Å². The topological polar surface area (TPSA) is 64.8 Å². The largest absolute Gasteiger partial charge is 0.485 e. The number of amides is 1. The Kier molecular flexibility index (Phi) is 3.78. The second-order valence-corrected chi connectivity index (χ2v) is 5.38. The Bertz CT molecular complexity index is 492. The van der Waals surface area contributed by atoms with E-state index in [1.807, 2.05) is 29.2 Å². The van der Waals surface area contributed by atoms with E-state index >= 15 is 0 Å². The van der Waals surface area contributed by atoms with E-state index in [9.17, 15) is 4.79 Å². The molecule has 2 N–H and O–H groups in total. The molecule has 108 valence electrons. The van der Waals surface area contributed by atoms with Gasteiger partial charge in [-0.15, -0.1) is 0 Å². The Labute approximate surface area is 118 Å². The van der Waals surface area contributed by atoms with Gasteiger partial charge in [-0.25, -0.2) is 0 Å². The van der Waals surface area contributed by atoms with Crippen LogP contribution >= 0.6 is 0 Å². The molecule has 2 heterocycles. The number of fused-ring (bicyclic) bond motifs is 1. The molecule has 2 atom stereocenters. The Hall–Kier alpha value is -1.75. The van der Waals surface area contributed by atoms with Crippen LogP contribution in [0.5, 0.6) is 11.5 Å². The highest BCUT2D eigenvalue weighted by molar-refractivity contribution is 5.82. The van der Waals surface area contributed by atoms with E-state index in [4.69, 9.17) is 15.2 Å². The van der Waals surface area contributed by atoms with Gasteiger partial charge in [-0.3, -0.25) is 4.79 Å². The molecule has 1 amide bonds. The van der Waals surface area contributed by atoms with Gasteiger partial charge in [0, 0.05) is 13.1 Å². The van der Waals surface area contributed by atoms with Gasteiger partial charge in [0.15, 0.2) is 11.5 Å². The monoisotopic (exact) mass is 276 g/mol. The highest BCUT2D eigenvalue weighted by Crippen LogP contribution is 2.31. The van der Waals surface area contributed by atoms with Crippen molar-refractivity contribution in [1.29, 1.82) is 0 Å². The number of nitrogens with two attached hydrogens (primary N) is 1. The third kappa shape index (κ3) is 2.58. The van der Waals surface area contributed by atoms with Gasteiger partial charge in [-0.05, 0) is 37.4 Å². The van der Waals surface area contributed by atoms with Crippen molar-refractivity contribution in [2.24, 2.45) is 11.7 Å². The van der Waals surface area contributed by atoms with Gasteiger partial charge in [-0.1, -0.05) is 12.1 Å². The molecule has 2 aliphatic heterocycles. The summed E-state index contributed by atoms with van der Waals surface area (Å²) in [6.07, 6.45) is 1.49. The fourth-order valence-corrected chi connectivity index (χ4v) is 2.85. The van der Waals surface area contributed by atoms with Gasteiger partial charge in [0.25, 0.3) is 5.91 Å². The van der Waals surface area contributed by atoms with Crippen LogP contribution in [0.15, 0.2) is 24.3 Å². The molecule has 1 fully saturated rings. The minimum Gasteiger partial charge on any atom is -0.485 e. The summed E-state index contributed by atoms with van der Waals surface area (Å²) in [5, 5.41) is 0. The third-order valence-electron chi connectivity index (χ3n) is 3.96. The highest BCUT2D eigenvalue weighted by Gasteiger charge is 2.34. The minimum absolute atomic E-state index is 0.0269. The maximum absolute atomic E-state index is 12.4. The van der Waals surface area contributed by atoms with Crippen LogP contribution in [0.2, 0.25) is 0 Å². The maximum atomic E-state index is 12.4. The smallest absolute Gasteiger partial charge is 0.267 e. The van der Waals surface area contributed by atoms with Crippen LogP contribution in [-0.2, 0) is 4.79 Å². The van der Waals surface area contributed by atoms with Gasteiger partial charge in [0.2, 0.25) is 6.10 Å². The fourth-order valence-electron chi connectivity index (χ4n) is 2.85. The van der Waals surface area contributed by atoms with Gasteiger partial charge in [-0.2, -0.15) is 0 Å². The molecule has 3 rings (SSSR count). The van der Waals surface area contributed by atoms with Crippen LogP contribution in [0.4, 0.5) is 0 Å². The molecule has 0 aromatic heterocycles. The highest BCUT2D eigenvalue weighted by atomic mass is 16.6. The average molecular weight is 276 g/mol. The van der Waals surface area contributed by atoms with Crippen molar-refractivity contribution in [1.82, 2.24) is 4.90 Å². The molecule has 1 saturated heterocycles. The van der Waals surface area contributed by atoms with Gasteiger partial charge in [0.05, 0.1) is 0 Å². The molecule has 1 aromatic carbocycles. The van der Waals surface area contributed by atoms with E-state index in [0.717, 1.165) is 25.9 Å². The van der Waals surface area contributed by atoms with Crippen molar-refractivity contribution < 1.29 is 14.3 Å². The van der Waals surface area contributed by atoms with Gasteiger partial charge in [0.1, 0.15) is 6.61 Å². The first kappa shape index (κ1) is 13.2. The number of carbonyl (C=O) groups is 1.